The highest BCUT2D eigenvalue weighted by Gasteiger charge is 2.23. The predicted octanol–water partition coefficient (Wildman–Crippen LogP) is 4.45. The van der Waals surface area contributed by atoms with Crippen LogP contribution in [-0.2, 0) is 0 Å². The Morgan fingerprint density at radius 3 is 2.82 bits per heavy atom. The van der Waals surface area contributed by atoms with E-state index < -0.39 is 0 Å². The van der Waals surface area contributed by atoms with E-state index in [0.29, 0.717) is 11.3 Å². The zero-order valence-electron chi connectivity index (χ0n) is 10.6. The molecular weight excluding hydrogens is 246 g/mol. The maximum atomic E-state index is 6.28. The van der Waals surface area contributed by atoms with Gasteiger partial charge in [0.05, 0.1) is 5.25 Å². The van der Waals surface area contributed by atoms with E-state index in [0.717, 1.165) is 12.3 Å². The van der Waals surface area contributed by atoms with Crippen molar-refractivity contribution in [3.8, 4) is 0 Å². The lowest BCUT2D eigenvalue weighted by Crippen LogP contribution is -2.25. The smallest absolute Gasteiger partial charge is 0.0542 e. The minimum Gasteiger partial charge on any atom is -0.326 e. The standard InChI is InChI=1S/C14H23NS2/c1-2-12(15)14(13-8-5-9-16-13)17-10-11-6-3-4-7-11/h5,8-9,11-12,14H,2-4,6-7,10,15H2,1H3. The number of thioether (sulfide) groups is 1. The van der Waals surface area contributed by atoms with E-state index in [9.17, 15) is 0 Å². The summed E-state index contributed by atoms with van der Waals surface area (Å²) < 4.78 is 0. The molecule has 1 nitrogen and oxygen atoms in total. The summed E-state index contributed by atoms with van der Waals surface area (Å²) in [5.41, 5.74) is 6.28. The van der Waals surface area contributed by atoms with Gasteiger partial charge in [0.2, 0.25) is 0 Å². The number of hydrogen-bond acceptors (Lipinski definition) is 3. The second kappa shape index (κ2) is 6.81. The first-order valence-electron chi connectivity index (χ1n) is 6.71. The molecule has 0 bridgehead atoms. The van der Waals surface area contributed by atoms with Crippen molar-refractivity contribution in [2.24, 2.45) is 11.7 Å². The van der Waals surface area contributed by atoms with Crippen molar-refractivity contribution < 1.29 is 0 Å². The molecule has 2 unspecified atom stereocenters. The van der Waals surface area contributed by atoms with Gasteiger partial charge in [0, 0.05) is 10.9 Å². The number of nitrogens with two attached hydrogens (primary N) is 1. The fourth-order valence-electron chi connectivity index (χ4n) is 2.50. The fourth-order valence-corrected chi connectivity index (χ4v) is 5.15. The maximum Gasteiger partial charge on any atom is 0.0542 e. The van der Waals surface area contributed by atoms with Crippen LogP contribution < -0.4 is 5.73 Å². The third-order valence-corrected chi connectivity index (χ3v) is 6.40. The summed E-state index contributed by atoms with van der Waals surface area (Å²) >= 11 is 3.95. The summed E-state index contributed by atoms with van der Waals surface area (Å²) in [6.45, 7) is 2.20. The van der Waals surface area contributed by atoms with Gasteiger partial charge in [-0.2, -0.15) is 11.8 Å². The summed E-state index contributed by atoms with van der Waals surface area (Å²) in [7, 11) is 0. The van der Waals surface area contributed by atoms with Gasteiger partial charge in [0.15, 0.2) is 0 Å². The van der Waals surface area contributed by atoms with Crippen LogP contribution in [0.1, 0.15) is 49.2 Å². The van der Waals surface area contributed by atoms with E-state index in [-0.39, 0.29) is 0 Å². The molecule has 0 amide bonds. The summed E-state index contributed by atoms with van der Waals surface area (Å²) in [6, 6.07) is 4.69. The Balaban J connectivity index is 1.91. The summed E-state index contributed by atoms with van der Waals surface area (Å²) in [5, 5.41) is 2.68. The van der Waals surface area contributed by atoms with Gasteiger partial charge in [0.25, 0.3) is 0 Å². The van der Waals surface area contributed by atoms with Gasteiger partial charge in [-0.1, -0.05) is 25.8 Å². The molecule has 0 aromatic carbocycles. The van der Waals surface area contributed by atoms with E-state index in [2.05, 4.69) is 36.2 Å². The maximum absolute atomic E-state index is 6.28. The molecule has 1 aliphatic carbocycles. The van der Waals surface area contributed by atoms with Crippen molar-refractivity contribution in [1.82, 2.24) is 0 Å². The predicted molar refractivity (Wildman–Crippen MR) is 79.7 cm³/mol. The molecule has 2 atom stereocenters. The average Bonchev–Trinajstić information content (AvgIpc) is 3.01. The molecule has 1 aromatic rings. The molecule has 0 saturated heterocycles. The highest BCUT2D eigenvalue weighted by atomic mass is 32.2. The van der Waals surface area contributed by atoms with Crippen molar-refractivity contribution in [1.29, 1.82) is 0 Å². The van der Waals surface area contributed by atoms with Gasteiger partial charge < -0.3 is 5.73 Å². The van der Waals surface area contributed by atoms with Crippen molar-refractivity contribution in [2.75, 3.05) is 5.75 Å². The van der Waals surface area contributed by atoms with Crippen molar-refractivity contribution in [3.05, 3.63) is 22.4 Å². The van der Waals surface area contributed by atoms with E-state index in [1.54, 1.807) is 0 Å². The van der Waals surface area contributed by atoms with Crippen LogP contribution in [0.3, 0.4) is 0 Å². The molecule has 0 radical (unpaired) electrons. The first kappa shape index (κ1) is 13.4. The summed E-state index contributed by atoms with van der Waals surface area (Å²) in [4.78, 5) is 1.46. The van der Waals surface area contributed by atoms with Crippen LogP contribution in [0.4, 0.5) is 0 Å². The van der Waals surface area contributed by atoms with Crippen molar-refractivity contribution >= 4 is 23.1 Å². The van der Waals surface area contributed by atoms with Gasteiger partial charge in [-0.25, -0.2) is 0 Å². The second-order valence-electron chi connectivity index (χ2n) is 4.99. The molecule has 0 spiro atoms. The molecule has 2 N–H and O–H groups in total. The van der Waals surface area contributed by atoms with Crippen LogP contribution in [0.2, 0.25) is 0 Å². The highest BCUT2D eigenvalue weighted by molar-refractivity contribution is 7.99. The molecule has 0 aliphatic heterocycles. The Labute approximate surface area is 113 Å². The molecule has 1 heterocycles. The minimum absolute atomic E-state index is 0.306. The lowest BCUT2D eigenvalue weighted by atomic mass is 10.1. The van der Waals surface area contributed by atoms with Crippen LogP contribution in [0.5, 0.6) is 0 Å². The Hall–Kier alpha value is 0.01000. The van der Waals surface area contributed by atoms with Gasteiger partial charge in [-0.15, -0.1) is 11.3 Å². The van der Waals surface area contributed by atoms with Gasteiger partial charge in [-0.3, -0.25) is 0 Å². The third kappa shape index (κ3) is 3.73. The van der Waals surface area contributed by atoms with Crippen LogP contribution in [0.25, 0.3) is 0 Å². The molecule has 1 fully saturated rings. The van der Waals surface area contributed by atoms with Crippen LogP contribution in [0, 0.1) is 5.92 Å². The van der Waals surface area contributed by atoms with Crippen LogP contribution >= 0.6 is 23.1 Å². The molecule has 1 aliphatic rings. The quantitative estimate of drug-likeness (QED) is 0.825. The van der Waals surface area contributed by atoms with E-state index in [1.807, 2.05) is 11.3 Å². The van der Waals surface area contributed by atoms with Gasteiger partial charge in [0.1, 0.15) is 0 Å². The molecule has 3 heteroatoms. The lowest BCUT2D eigenvalue weighted by Gasteiger charge is -2.22. The van der Waals surface area contributed by atoms with Crippen molar-refractivity contribution in [2.45, 2.75) is 50.3 Å². The fraction of sp³-hybridized carbons (Fsp3) is 0.714. The molecular formula is C14H23NS2. The van der Waals surface area contributed by atoms with Crippen LogP contribution in [0.15, 0.2) is 17.5 Å². The normalized spacial score (nSPS) is 20.6. The van der Waals surface area contributed by atoms with E-state index >= 15 is 0 Å². The molecule has 2 rings (SSSR count). The molecule has 1 aromatic heterocycles. The number of thiophene rings is 1. The Morgan fingerprint density at radius 2 is 2.24 bits per heavy atom. The Morgan fingerprint density at radius 1 is 1.47 bits per heavy atom. The lowest BCUT2D eigenvalue weighted by molar-refractivity contribution is 0.610. The van der Waals surface area contributed by atoms with Gasteiger partial charge >= 0.3 is 0 Å². The van der Waals surface area contributed by atoms with Crippen LogP contribution in [-0.4, -0.2) is 11.8 Å². The summed E-state index contributed by atoms with van der Waals surface area (Å²) in [5.74, 6) is 2.25. The SMILES string of the molecule is CCC(N)C(SCC1CCCC1)c1cccs1. The Bertz CT molecular complexity index is 304. The van der Waals surface area contributed by atoms with E-state index in [1.165, 1.54) is 36.3 Å². The zero-order valence-corrected chi connectivity index (χ0v) is 12.2. The molecule has 17 heavy (non-hydrogen) atoms. The monoisotopic (exact) mass is 269 g/mol. The van der Waals surface area contributed by atoms with Gasteiger partial charge in [-0.05, 0) is 42.4 Å². The first-order valence-corrected chi connectivity index (χ1v) is 8.64. The minimum atomic E-state index is 0.306. The highest BCUT2D eigenvalue weighted by Crippen LogP contribution is 2.39. The number of hydrogen-bond donors (Lipinski definition) is 1. The average molecular weight is 269 g/mol. The largest absolute Gasteiger partial charge is 0.326 e. The number of rotatable bonds is 6. The first-order chi connectivity index (χ1) is 8.31. The van der Waals surface area contributed by atoms with Crippen molar-refractivity contribution in [3.63, 3.8) is 0 Å². The zero-order chi connectivity index (χ0) is 12.1. The molecule has 1 saturated carbocycles. The third-order valence-electron chi connectivity index (χ3n) is 3.67. The topological polar surface area (TPSA) is 26.0 Å². The van der Waals surface area contributed by atoms with E-state index in [4.69, 9.17) is 5.73 Å². The molecule has 96 valence electrons. The second-order valence-corrected chi connectivity index (χ2v) is 7.15. The summed E-state index contributed by atoms with van der Waals surface area (Å²) in [6.07, 6.45) is 6.82. The Kier molecular flexibility index (Phi) is 5.39.